The molecule has 0 saturated heterocycles. The number of para-hydroxylation sites is 1. The van der Waals surface area contributed by atoms with Crippen molar-refractivity contribution in [3.63, 3.8) is 0 Å². The minimum atomic E-state index is -1.05. The topological polar surface area (TPSA) is 108 Å². The van der Waals surface area contributed by atoms with Crippen LogP contribution in [0.3, 0.4) is 0 Å². The quantitative estimate of drug-likeness (QED) is 0.467. The highest BCUT2D eigenvalue weighted by Gasteiger charge is 2.10. The predicted molar refractivity (Wildman–Crippen MR) is 103 cm³/mol. The highest BCUT2D eigenvalue weighted by atomic mass is 79.9. The third-order valence-corrected chi connectivity index (χ3v) is 3.96. The van der Waals surface area contributed by atoms with Gasteiger partial charge in [-0.15, -0.1) is 0 Å². The average Bonchev–Trinajstić information content (AvgIpc) is 2.62. The highest BCUT2D eigenvalue weighted by molar-refractivity contribution is 9.10. The number of carboxylic acids is 1. The summed E-state index contributed by atoms with van der Waals surface area (Å²) in [5.74, 6) is 0.0139. The maximum absolute atomic E-state index is 10.6. The first-order valence-corrected chi connectivity index (χ1v) is 8.36. The number of methoxy groups -OCH3 is 2. The number of benzene rings is 2. The number of carboxylic acid groups (broad SMARTS) is 1. The molecule has 2 aromatic carbocycles. The van der Waals surface area contributed by atoms with Gasteiger partial charge in [0.15, 0.2) is 0 Å². The summed E-state index contributed by atoms with van der Waals surface area (Å²) < 4.78 is 11.0. The van der Waals surface area contributed by atoms with Gasteiger partial charge in [0.2, 0.25) is 5.28 Å². The van der Waals surface area contributed by atoms with Crippen LogP contribution in [0.1, 0.15) is 10.4 Å². The van der Waals surface area contributed by atoms with Crippen LogP contribution in [0.15, 0.2) is 41.0 Å². The van der Waals surface area contributed by atoms with E-state index in [-0.39, 0.29) is 16.5 Å². The molecular weight excluding hydrogens is 426 g/mol. The molecule has 0 atom stereocenters. The van der Waals surface area contributed by atoms with E-state index >= 15 is 0 Å². The van der Waals surface area contributed by atoms with Crippen LogP contribution in [0.4, 0.5) is 5.69 Å². The molecule has 0 unspecified atom stereocenters. The first kappa shape index (κ1) is 19.7. The number of hydrogen-bond acceptors (Lipinski definition) is 6. The van der Waals surface area contributed by atoms with Crippen LogP contribution in [0.25, 0.3) is 10.9 Å². The average molecular weight is 441 g/mol. The Morgan fingerprint density at radius 1 is 1.23 bits per heavy atom. The van der Waals surface area contributed by atoms with Gasteiger partial charge in [-0.2, -0.15) is 0 Å². The summed E-state index contributed by atoms with van der Waals surface area (Å²) in [6.45, 7) is 0. The van der Waals surface area contributed by atoms with Crippen molar-refractivity contribution >= 4 is 50.1 Å². The number of aromatic carboxylic acids is 1. The lowest BCUT2D eigenvalue weighted by molar-refractivity contribution is 0.0697. The molecule has 0 amide bonds. The van der Waals surface area contributed by atoms with Crippen molar-refractivity contribution in [1.29, 1.82) is 0 Å². The molecule has 3 aromatic rings. The van der Waals surface area contributed by atoms with Crippen molar-refractivity contribution in [2.24, 2.45) is 0 Å². The van der Waals surface area contributed by atoms with Gasteiger partial charge in [-0.25, -0.2) is 14.8 Å². The van der Waals surface area contributed by atoms with E-state index in [4.69, 9.17) is 31.9 Å². The molecule has 0 spiro atoms. The molecule has 0 radical (unpaired) electrons. The first-order chi connectivity index (χ1) is 12.4. The molecule has 136 valence electrons. The Hall–Kier alpha value is -2.58. The Morgan fingerprint density at radius 2 is 1.92 bits per heavy atom. The Bertz CT molecular complexity index is 953. The molecule has 0 aliphatic heterocycles. The third-order valence-electron chi connectivity index (χ3n) is 3.32. The van der Waals surface area contributed by atoms with Crippen molar-refractivity contribution in [2.75, 3.05) is 20.0 Å². The Morgan fingerprint density at radius 3 is 2.54 bits per heavy atom. The maximum Gasteiger partial charge on any atom is 0.337 e. The minimum absolute atomic E-state index is 0.0642. The molecule has 26 heavy (non-hydrogen) atoms. The van der Waals surface area contributed by atoms with Crippen LogP contribution in [-0.2, 0) is 0 Å². The van der Waals surface area contributed by atoms with E-state index in [1.54, 1.807) is 25.4 Å². The first-order valence-electron chi connectivity index (χ1n) is 7.19. The molecule has 0 aliphatic carbocycles. The third kappa shape index (κ3) is 4.53. The normalized spacial score (nSPS) is 10.0. The van der Waals surface area contributed by atoms with E-state index in [9.17, 15) is 4.79 Å². The standard InChI is InChI=1S/C9H6BrClN2O.C8H9NO3/c1-14-7-3-6(10)2-5-4-12-9(11)13-8(5)7;1-12-6-4-2-3-5(7(6)9)8(10)11/h2-4H,1H3;2-4H,9H2,1H3,(H,10,11). The molecule has 0 bridgehead atoms. The number of aromatic nitrogens is 2. The fraction of sp³-hybridized carbons (Fsp3) is 0.118. The molecule has 0 fully saturated rings. The molecule has 0 saturated carbocycles. The van der Waals surface area contributed by atoms with Crippen LogP contribution in [0.5, 0.6) is 11.5 Å². The van der Waals surface area contributed by atoms with Gasteiger partial charge in [-0.1, -0.05) is 22.0 Å². The molecule has 7 nitrogen and oxygen atoms in total. The second kappa shape index (κ2) is 8.68. The molecule has 3 N–H and O–H groups in total. The van der Waals surface area contributed by atoms with Crippen molar-refractivity contribution in [1.82, 2.24) is 9.97 Å². The molecular formula is C17H15BrClN3O4. The van der Waals surface area contributed by atoms with Crippen LogP contribution < -0.4 is 15.2 Å². The Balaban J connectivity index is 0.000000190. The lowest BCUT2D eigenvalue weighted by Gasteiger charge is -2.05. The number of halogens is 2. The van der Waals surface area contributed by atoms with E-state index in [2.05, 4.69) is 25.9 Å². The molecule has 1 heterocycles. The van der Waals surface area contributed by atoms with Gasteiger partial charge in [0, 0.05) is 16.1 Å². The highest BCUT2D eigenvalue weighted by Crippen LogP contribution is 2.28. The number of fused-ring (bicyclic) bond motifs is 1. The zero-order valence-corrected chi connectivity index (χ0v) is 16.2. The number of nitrogens with two attached hydrogens (primary N) is 1. The van der Waals surface area contributed by atoms with Gasteiger partial charge in [-0.3, -0.25) is 0 Å². The summed E-state index contributed by atoms with van der Waals surface area (Å²) in [7, 11) is 3.04. The SMILES string of the molecule is COc1cc(Br)cc2cnc(Cl)nc12.COc1cccc(C(=O)O)c1N. The molecule has 0 aliphatic rings. The number of rotatable bonds is 3. The van der Waals surface area contributed by atoms with Gasteiger partial charge >= 0.3 is 5.97 Å². The van der Waals surface area contributed by atoms with Crippen LogP contribution in [-0.4, -0.2) is 35.3 Å². The zero-order chi connectivity index (χ0) is 19.3. The van der Waals surface area contributed by atoms with Gasteiger partial charge < -0.3 is 20.3 Å². The van der Waals surface area contributed by atoms with E-state index in [0.717, 1.165) is 15.4 Å². The number of ether oxygens (including phenoxy) is 2. The van der Waals surface area contributed by atoms with Gasteiger partial charge in [0.05, 0.1) is 25.5 Å². The number of nitrogen functional groups attached to an aromatic ring is 1. The van der Waals surface area contributed by atoms with Gasteiger partial charge in [0.25, 0.3) is 0 Å². The number of anilines is 1. The second-order valence-corrected chi connectivity index (χ2v) is 6.17. The number of carbonyl (C=O) groups is 1. The summed E-state index contributed by atoms with van der Waals surface area (Å²) in [5, 5.41) is 9.76. The van der Waals surface area contributed by atoms with Crippen LogP contribution in [0, 0.1) is 0 Å². The number of hydrogen-bond donors (Lipinski definition) is 2. The monoisotopic (exact) mass is 439 g/mol. The molecule has 9 heteroatoms. The summed E-state index contributed by atoms with van der Waals surface area (Å²) in [4.78, 5) is 18.6. The fourth-order valence-electron chi connectivity index (χ4n) is 2.12. The summed E-state index contributed by atoms with van der Waals surface area (Å²) in [5.41, 5.74) is 6.43. The lowest BCUT2D eigenvalue weighted by atomic mass is 10.2. The fourth-order valence-corrected chi connectivity index (χ4v) is 2.71. The van der Waals surface area contributed by atoms with Crippen molar-refractivity contribution in [3.05, 3.63) is 51.8 Å². The molecule has 3 rings (SSSR count). The van der Waals surface area contributed by atoms with Crippen LogP contribution >= 0.6 is 27.5 Å². The van der Waals surface area contributed by atoms with Gasteiger partial charge in [-0.05, 0) is 35.9 Å². The van der Waals surface area contributed by atoms with Crippen LogP contribution in [0.2, 0.25) is 5.28 Å². The minimum Gasteiger partial charge on any atom is -0.495 e. The molecule has 1 aromatic heterocycles. The van der Waals surface area contributed by atoms with Crippen molar-refractivity contribution in [3.8, 4) is 11.5 Å². The lowest BCUT2D eigenvalue weighted by Crippen LogP contribution is -2.03. The van der Waals surface area contributed by atoms with E-state index < -0.39 is 5.97 Å². The maximum atomic E-state index is 10.6. The number of nitrogens with zero attached hydrogens (tertiary/aromatic N) is 2. The summed E-state index contributed by atoms with van der Waals surface area (Å²) in [6, 6.07) is 8.38. The smallest absolute Gasteiger partial charge is 0.337 e. The van der Waals surface area contributed by atoms with Crippen molar-refractivity contribution in [2.45, 2.75) is 0 Å². The van der Waals surface area contributed by atoms with E-state index in [1.807, 2.05) is 12.1 Å². The largest absolute Gasteiger partial charge is 0.495 e. The Labute approximate surface area is 162 Å². The van der Waals surface area contributed by atoms with E-state index in [0.29, 0.717) is 11.5 Å². The van der Waals surface area contributed by atoms with Crippen molar-refractivity contribution < 1.29 is 19.4 Å². The second-order valence-electron chi connectivity index (χ2n) is 4.91. The van der Waals surface area contributed by atoms with Gasteiger partial charge in [0.1, 0.15) is 17.0 Å². The summed E-state index contributed by atoms with van der Waals surface area (Å²) in [6.07, 6.45) is 1.66. The zero-order valence-electron chi connectivity index (χ0n) is 13.9. The predicted octanol–water partition coefficient (Wildman–Crippen LogP) is 4.03. The summed E-state index contributed by atoms with van der Waals surface area (Å²) >= 11 is 9.07. The Kier molecular flexibility index (Phi) is 6.59. The van der Waals surface area contributed by atoms with E-state index in [1.165, 1.54) is 13.2 Å².